The van der Waals surface area contributed by atoms with E-state index in [1.807, 2.05) is 0 Å². The zero-order valence-electron chi connectivity index (χ0n) is 14.2. The summed E-state index contributed by atoms with van der Waals surface area (Å²) >= 11 is 11.8. The SMILES string of the molecule is CCOC(=O)N1CCC(NCCC(=O)Nc2cc(Cl)cc(Cl)c2)CC1. The molecule has 1 aromatic carbocycles. The lowest BCUT2D eigenvalue weighted by atomic mass is 10.1. The van der Waals surface area contributed by atoms with E-state index in [0.717, 1.165) is 12.8 Å². The minimum atomic E-state index is -0.250. The predicted molar refractivity (Wildman–Crippen MR) is 99.3 cm³/mol. The largest absolute Gasteiger partial charge is 0.450 e. The quantitative estimate of drug-likeness (QED) is 0.782. The van der Waals surface area contributed by atoms with Crippen molar-refractivity contribution in [3.05, 3.63) is 28.2 Å². The summed E-state index contributed by atoms with van der Waals surface area (Å²) in [6, 6.07) is 5.23. The highest BCUT2D eigenvalue weighted by atomic mass is 35.5. The second-order valence-corrected chi connectivity index (χ2v) is 6.74. The Morgan fingerprint density at radius 2 is 1.84 bits per heavy atom. The first kappa shape index (κ1) is 19.8. The molecule has 2 amide bonds. The van der Waals surface area contributed by atoms with Crippen molar-refractivity contribution in [3.63, 3.8) is 0 Å². The average molecular weight is 388 g/mol. The number of ether oxygens (including phenoxy) is 1. The predicted octanol–water partition coefficient (Wildman–Crippen LogP) is 3.53. The fourth-order valence-electron chi connectivity index (χ4n) is 2.72. The number of anilines is 1. The molecule has 0 atom stereocenters. The van der Waals surface area contributed by atoms with E-state index in [2.05, 4.69) is 10.6 Å². The van der Waals surface area contributed by atoms with Crippen molar-refractivity contribution in [1.82, 2.24) is 10.2 Å². The number of nitrogens with zero attached hydrogens (tertiary/aromatic N) is 1. The van der Waals surface area contributed by atoms with Crippen LogP contribution in [0.5, 0.6) is 0 Å². The van der Waals surface area contributed by atoms with E-state index in [1.165, 1.54) is 0 Å². The molecule has 1 fully saturated rings. The van der Waals surface area contributed by atoms with Crippen LogP contribution in [0.15, 0.2) is 18.2 Å². The molecule has 0 spiro atoms. The Morgan fingerprint density at radius 1 is 1.20 bits per heavy atom. The fraction of sp³-hybridized carbons (Fsp3) is 0.529. The molecule has 8 heteroatoms. The maximum absolute atomic E-state index is 12.0. The molecule has 0 unspecified atom stereocenters. The minimum absolute atomic E-state index is 0.102. The van der Waals surface area contributed by atoms with Crippen LogP contribution in [0.4, 0.5) is 10.5 Å². The lowest BCUT2D eigenvalue weighted by Gasteiger charge is -2.31. The number of likely N-dealkylation sites (tertiary alicyclic amines) is 1. The normalized spacial score (nSPS) is 15.1. The van der Waals surface area contributed by atoms with Gasteiger partial charge in [-0.15, -0.1) is 0 Å². The Hall–Kier alpha value is -1.50. The lowest BCUT2D eigenvalue weighted by molar-refractivity contribution is -0.116. The summed E-state index contributed by atoms with van der Waals surface area (Å²) in [7, 11) is 0. The molecule has 1 saturated heterocycles. The maximum atomic E-state index is 12.0. The monoisotopic (exact) mass is 387 g/mol. The number of amides is 2. The fourth-order valence-corrected chi connectivity index (χ4v) is 3.25. The van der Waals surface area contributed by atoms with E-state index in [0.29, 0.717) is 54.4 Å². The summed E-state index contributed by atoms with van der Waals surface area (Å²) < 4.78 is 5.00. The van der Waals surface area contributed by atoms with Gasteiger partial charge in [0.1, 0.15) is 0 Å². The molecule has 25 heavy (non-hydrogen) atoms. The van der Waals surface area contributed by atoms with Crippen LogP contribution in [0.3, 0.4) is 0 Å². The Morgan fingerprint density at radius 3 is 2.44 bits per heavy atom. The molecule has 138 valence electrons. The van der Waals surface area contributed by atoms with Gasteiger partial charge in [0, 0.05) is 47.8 Å². The number of carbonyl (C=O) groups excluding carboxylic acids is 2. The third-order valence-corrected chi connectivity index (χ3v) is 4.39. The molecule has 1 aliphatic rings. The molecule has 0 aliphatic carbocycles. The van der Waals surface area contributed by atoms with Crippen molar-refractivity contribution in [2.75, 3.05) is 31.6 Å². The zero-order valence-corrected chi connectivity index (χ0v) is 15.7. The highest BCUT2D eigenvalue weighted by molar-refractivity contribution is 6.35. The van der Waals surface area contributed by atoms with Gasteiger partial charge >= 0.3 is 6.09 Å². The smallest absolute Gasteiger partial charge is 0.409 e. The van der Waals surface area contributed by atoms with Crippen LogP contribution < -0.4 is 10.6 Å². The van der Waals surface area contributed by atoms with Crippen molar-refractivity contribution >= 4 is 40.9 Å². The van der Waals surface area contributed by atoms with Gasteiger partial charge in [0.05, 0.1) is 6.61 Å². The summed E-state index contributed by atoms with van der Waals surface area (Å²) in [4.78, 5) is 25.3. The van der Waals surface area contributed by atoms with Gasteiger partial charge < -0.3 is 20.3 Å². The van der Waals surface area contributed by atoms with Gasteiger partial charge in [0.15, 0.2) is 0 Å². The first-order chi connectivity index (χ1) is 12.0. The number of piperidine rings is 1. The second-order valence-electron chi connectivity index (χ2n) is 5.87. The minimum Gasteiger partial charge on any atom is -0.450 e. The maximum Gasteiger partial charge on any atom is 0.409 e. The topological polar surface area (TPSA) is 70.7 Å². The van der Waals surface area contributed by atoms with Crippen LogP contribution in [0, 0.1) is 0 Å². The number of nitrogens with one attached hydrogen (secondary N) is 2. The highest BCUT2D eigenvalue weighted by Gasteiger charge is 2.23. The summed E-state index contributed by atoms with van der Waals surface area (Å²) in [5.41, 5.74) is 0.588. The molecule has 1 heterocycles. The molecular formula is C17H23Cl2N3O3. The Labute approximate surface area is 157 Å². The van der Waals surface area contributed by atoms with Gasteiger partial charge in [0.2, 0.25) is 5.91 Å². The number of carbonyl (C=O) groups is 2. The summed E-state index contributed by atoms with van der Waals surface area (Å²) in [5.74, 6) is -0.102. The van der Waals surface area contributed by atoms with Crippen molar-refractivity contribution in [2.45, 2.75) is 32.2 Å². The highest BCUT2D eigenvalue weighted by Crippen LogP contribution is 2.22. The van der Waals surface area contributed by atoms with Gasteiger partial charge in [-0.05, 0) is 38.0 Å². The number of rotatable bonds is 6. The van der Waals surface area contributed by atoms with Crippen LogP contribution in [-0.2, 0) is 9.53 Å². The molecular weight excluding hydrogens is 365 g/mol. The van der Waals surface area contributed by atoms with E-state index < -0.39 is 0 Å². The van der Waals surface area contributed by atoms with Crippen LogP contribution in [0.1, 0.15) is 26.2 Å². The third kappa shape index (κ3) is 6.72. The molecule has 6 nitrogen and oxygen atoms in total. The Balaban J connectivity index is 1.66. The second kappa shape index (κ2) is 9.85. The van der Waals surface area contributed by atoms with Crippen molar-refractivity contribution in [3.8, 4) is 0 Å². The van der Waals surface area contributed by atoms with Crippen LogP contribution in [-0.4, -0.2) is 49.2 Å². The van der Waals surface area contributed by atoms with Crippen LogP contribution in [0.2, 0.25) is 10.0 Å². The Bertz CT molecular complexity index is 585. The molecule has 2 rings (SSSR count). The molecule has 1 aliphatic heterocycles. The summed E-state index contributed by atoms with van der Waals surface area (Å²) in [6.07, 6.45) is 1.80. The average Bonchev–Trinajstić information content (AvgIpc) is 2.54. The molecule has 1 aromatic rings. The third-order valence-electron chi connectivity index (χ3n) is 3.95. The van der Waals surface area contributed by atoms with Gasteiger partial charge in [0.25, 0.3) is 0 Å². The van der Waals surface area contributed by atoms with Gasteiger partial charge in [-0.2, -0.15) is 0 Å². The zero-order chi connectivity index (χ0) is 18.2. The van der Waals surface area contributed by atoms with Gasteiger partial charge in [-0.1, -0.05) is 23.2 Å². The van der Waals surface area contributed by atoms with Crippen LogP contribution in [0.25, 0.3) is 0 Å². The lowest BCUT2D eigenvalue weighted by Crippen LogP contribution is -2.45. The van der Waals surface area contributed by atoms with Crippen molar-refractivity contribution in [2.24, 2.45) is 0 Å². The molecule has 2 N–H and O–H groups in total. The standard InChI is InChI=1S/C17H23Cl2N3O3/c1-2-25-17(24)22-7-4-14(5-8-22)20-6-3-16(23)21-15-10-12(18)9-13(19)11-15/h9-11,14,20H,2-8H2,1H3,(H,21,23). The first-order valence-corrected chi connectivity index (χ1v) is 9.14. The Kier molecular flexibility index (Phi) is 7.81. The molecule has 0 bridgehead atoms. The number of hydrogen-bond acceptors (Lipinski definition) is 4. The van der Waals surface area contributed by atoms with E-state index in [-0.39, 0.29) is 12.0 Å². The van der Waals surface area contributed by atoms with E-state index >= 15 is 0 Å². The number of halogens is 2. The van der Waals surface area contributed by atoms with Gasteiger partial charge in [-0.3, -0.25) is 4.79 Å². The van der Waals surface area contributed by atoms with Gasteiger partial charge in [-0.25, -0.2) is 4.79 Å². The summed E-state index contributed by atoms with van der Waals surface area (Å²) in [5, 5.41) is 7.10. The number of benzene rings is 1. The van der Waals surface area contributed by atoms with Crippen molar-refractivity contribution < 1.29 is 14.3 Å². The number of hydrogen-bond donors (Lipinski definition) is 2. The van der Waals surface area contributed by atoms with E-state index in [4.69, 9.17) is 27.9 Å². The first-order valence-electron chi connectivity index (χ1n) is 8.39. The molecule has 0 radical (unpaired) electrons. The van der Waals surface area contributed by atoms with Crippen LogP contribution >= 0.6 is 23.2 Å². The molecule has 0 aromatic heterocycles. The van der Waals surface area contributed by atoms with E-state index in [1.54, 1.807) is 30.0 Å². The van der Waals surface area contributed by atoms with Crippen molar-refractivity contribution in [1.29, 1.82) is 0 Å². The molecule has 0 saturated carbocycles. The van der Waals surface area contributed by atoms with E-state index in [9.17, 15) is 9.59 Å². The summed E-state index contributed by atoms with van der Waals surface area (Å²) in [6.45, 7) is 4.11.